The Labute approximate surface area is 221 Å². The number of benzene rings is 2. The lowest BCUT2D eigenvalue weighted by atomic mass is 10.0. The van der Waals surface area contributed by atoms with Gasteiger partial charge in [-0.2, -0.15) is 0 Å². The van der Waals surface area contributed by atoms with E-state index in [1.807, 2.05) is 18.2 Å². The standard InChI is InChI=1S/C29H41Cl2NO3/c1-3-4-5-6-7-8-9-10-11-12-13-16-23-17-14-15-18-26(23)35-20-19-27(33)32-25-21-24(30)22(2)28(31)29(25)34/h14-15,17-18,21,34H,3-13,16,19-20H2,1-2H3,(H,32,33). The molecule has 1 amide bonds. The average molecular weight is 523 g/mol. The fraction of sp³-hybridized carbons (Fsp3) is 0.552. The summed E-state index contributed by atoms with van der Waals surface area (Å²) in [6, 6.07) is 9.53. The molecule has 0 atom stereocenters. The molecule has 194 valence electrons. The third-order valence-corrected chi connectivity index (χ3v) is 7.16. The van der Waals surface area contributed by atoms with Gasteiger partial charge >= 0.3 is 0 Å². The number of para-hydroxylation sites is 1. The van der Waals surface area contributed by atoms with Crippen molar-refractivity contribution in [3.63, 3.8) is 0 Å². The topological polar surface area (TPSA) is 58.6 Å². The maximum Gasteiger partial charge on any atom is 0.227 e. The first-order valence-corrected chi connectivity index (χ1v) is 13.9. The van der Waals surface area contributed by atoms with Gasteiger partial charge < -0.3 is 15.2 Å². The molecule has 6 heteroatoms. The van der Waals surface area contributed by atoms with Gasteiger partial charge in [0.05, 0.1) is 23.7 Å². The molecule has 0 saturated heterocycles. The minimum Gasteiger partial charge on any atom is -0.504 e. The van der Waals surface area contributed by atoms with Gasteiger partial charge in [-0.3, -0.25) is 4.79 Å². The SMILES string of the molecule is CCCCCCCCCCCCCc1ccccc1OCCC(=O)Nc1cc(Cl)c(C)c(Cl)c1O. The summed E-state index contributed by atoms with van der Waals surface area (Å²) >= 11 is 12.2. The number of phenolic OH excluding ortho intramolecular Hbond substituents is 1. The van der Waals surface area contributed by atoms with Gasteiger partial charge in [0, 0.05) is 5.02 Å². The van der Waals surface area contributed by atoms with Crippen LogP contribution in [0.4, 0.5) is 5.69 Å². The highest BCUT2D eigenvalue weighted by molar-refractivity contribution is 6.37. The molecule has 4 nitrogen and oxygen atoms in total. The predicted octanol–water partition coefficient (Wildman–Crippen LogP) is 9.27. The summed E-state index contributed by atoms with van der Waals surface area (Å²) in [4.78, 5) is 12.3. The number of anilines is 1. The number of halogens is 2. The van der Waals surface area contributed by atoms with E-state index in [0.717, 1.165) is 18.6 Å². The molecule has 0 aliphatic rings. The Morgan fingerprint density at radius 1 is 0.943 bits per heavy atom. The number of aromatic hydroxyl groups is 1. The zero-order chi connectivity index (χ0) is 25.5. The maximum atomic E-state index is 12.3. The minimum atomic E-state index is -0.279. The Morgan fingerprint density at radius 3 is 2.20 bits per heavy atom. The monoisotopic (exact) mass is 521 g/mol. The van der Waals surface area contributed by atoms with Crippen molar-refractivity contribution in [1.82, 2.24) is 0 Å². The van der Waals surface area contributed by atoms with E-state index in [1.165, 1.54) is 75.8 Å². The molecule has 0 fully saturated rings. The molecule has 2 aromatic carbocycles. The van der Waals surface area contributed by atoms with Crippen molar-refractivity contribution in [3.05, 3.63) is 51.5 Å². The Balaban J connectivity index is 1.67. The number of hydrogen-bond acceptors (Lipinski definition) is 3. The Kier molecular flexibility index (Phi) is 14.0. The zero-order valence-electron chi connectivity index (χ0n) is 21.3. The van der Waals surface area contributed by atoms with Crippen LogP contribution in [-0.4, -0.2) is 17.6 Å². The van der Waals surface area contributed by atoms with Gasteiger partial charge in [-0.25, -0.2) is 0 Å². The van der Waals surface area contributed by atoms with E-state index in [0.29, 0.717) is 10.6 Å². The molecule has 2 rings (SSSR count). The second-order valence-electron chi connectivity index (χ2n) is 9.23. The largest absolute Gasteiger partial charge is 0.504 e. The van der Waals surface area contributed by atoms with Crippen LogP contribution in [0, 0.1) is 6.92 Å². The van der Waals surface area contributed by atoms with Crippen LogP contribution in [-0.2, 0) is 11.2 Å². The summed E-state index contributed by atoms with van der Waals surface area (Å²) < 4.78 is 5.92. The van der Waals surface area contributed by atoms with Crippen LogP contribution in [0.5, 0.6) is 11.5 Å². The van der Waals surface area contributed by atoms with E-state index in [9.17, 15) is 9.90 Å². The number of amides is 1. The molecule has 0 aliphatic carbocycles. The summed E-state index contributed by atoms with van der Waals surface area (Å²) in [5.74, 6) is 0.371. The molecule has 2 N–H and O–H groups in total. The van der Waals surface area contributed by atoms with Gasteiger partial charge in [-0.05, 0) is 43.0 Å². The van der Waals surface area contributed by atoms with Gasteiger partial charge in [-0.15, -0.1) is 0 Å². The second kappa shape index (κ2) is 16.7. The van der Waals surface area contributed by atoms with Gasteiger partial charge in [0.15, 0.2) is 5.75 Å². The van der Waals surface area contributed by atoms with Gasteiger partial charge in [0.2, 0.25) is 5.91 Å². The van der Waals surface area contributed by atoms with Crippen molar-refractivity contribution in [1.29, 1.82) is 0 Å². The van der Waals surface area contributed by atoms with Crippen LogP contribution in [0.15, 0.2) is 30.3 Å². The number of hydrogen-bond donors (Lipinski definition) is 2. The molecule has 35 heavy (non-hydrogen) atoms. The first kappa shape index (κ1) is 29.3. The van der Waals surface area contributed by atoms with Crippen molar-refractivity contribution < 1.29 is 14.6 Å². The molecule has 0 radical (unpaired) electrons. The lowest BCUT2D eigenvalue weighted by Gasteiger charge is -2.13. The van der Waals surface area contributed by atoms with Crippen LogP contribution >= 0.6 is 23.2 Å². The highest BCUT2D eigenvalue weighted by Crippen LogP contribution is 2.38. The van der Waals surface area contributed by atoms with Crippen molar-refractivity contribution in [2.24, 2.45) is 0 Å². The smallest absolute Gasteiger partial charge is 0.227 e. The number of nitrogens with one attached hydrogen (secondary N) is 1. The summed E-state index contributed by atoms with van der Waals surface area (Å²) in [6.07, 6.45) is 15.7. The van der Waals surface area contributed by atoms with E-state index < -0.39 is 0 Å². The van der Waals surface area contributed by atoms with E-state index in [1.54, 1.807) is 6.92 Å². The van der Waals surface area contributed by atoms with E-state index in [-0.39, 0.29) is 35.4 Å². The number of aryl methyl sites for hydroxylation is 1. The van der Waals surface area contributed by atoms with E-state index in [4.69, 9.17) is 27.9 Å². The van der Waals surface area contributed by atoms with Gasteiger partial charge in [0.25, 0.3) is 0 Å². The van der Waals surface area contributed by atoms with Crippen molar-refractivity contribution in [3.8, 4) is 11.5 Å². The highest BCUT2D eigenvalue weighted by Gasteiger charge is 2.15. The van der Waals surface area contributed by atoms with Gasteiger partial charge in [0.1, 0.15) is 5.75 Å². The Bertz CT molecular complexity index is 917. The molecule has 0 heterocycles. The molecule has 0 bridgehead atoms. The lowest BCUT2D eigenvalue weighted by molar-refractivity contribution is -0.116. The zero-order valence-corrected chi connectivity index (χ0v) is 22.8. The molecule has 2 aromatic rings. The molecule has 0 aromatic heterocycles. The fourth-order valence-electron chi connectivity index (χ4n) is 4.10. The summed E-state index contributed by atoms with van der Waals surface area (Å²) in [5.41, 5.74) is 1.95. The number of phenols is 1. The van der Waals surface area contributed by atoms with E-state index in [2.05, 4.69) is 18.3 Å². The quantitative estimate of drug-likeness (QED) is 0.161. The second-order valence-corrected chi connectivity index (χ2v) is 10.0. The fourth-order valence-corrected chi connectivity index (χ4v) is 4.55. The number of unbranched alkanes of at least 4 members (excludes halogenated alkanes) is 10. The summed E-state index contributed by atoms with van der Waals surface area (Å²) in [6.45, 7) is 4.21. The third-order valence-electron chi connectivity index (χ3n) is 6.30. The van der Waals surface area contributed by atoms with Crippen LogP contribution in [0.25, 0.3) is 0 Å². The molecule has 0 unspecified atom stereocenters. The predicted molar refractivity (Wildman–Crippen MR) is 148 cm³/mol. The van der Waals surface area contributed by atoms with Crippen molar-refractivity contribution in [2.75, 3.05) is 11.9 Å². The minimum absolute atomic E-state index is 0.139. The Hall–Kier alpha value is -1.91. The Morgan fingerprint density at radius 2 is 1.54 bits per heavy atom. The number of carbonyl (C=O) groups excluding carboxylic acids is 1. The average Bonchev–Trinajstić information content (AvgIpc) is 2.85. The third kappa shape index (κ3) is 10.7. The molecular formula is C29H41Cl2NO3. The van der Waals surface area contributed by atoms with E-state index >= 15 is 0 Å². The molecular weight excluding hydrogens is 481 g/mol. The summed E-state index contributed by atoms with van der Waals surface area (Å²) in [5, 5.41) is 13.3. The molecule has 0 spiro atoms. The lowest BCUT2D eigenvalue weighted by Crippen LogP contribution is -2.15. The van der Waals surface area contributed by atoms with Crippen molar-refractivity contribution in [2.45, 2.75) is 97.3 Å². The number of carbonyl (C=O) groups is 1. The summed E-state index contributed by atoms with van der Waals surface area (Å²) in [7, 11) is 0. The van der Waals surface area contributed by atoms with Crippen LogP contribution < -0.4 is 10.1 Å². The number of ether oxygens (including phenoxy) is 1. The first-order chi connectivity index (χ1) is 16.9. The molecule has 0 aliphatic heterocycles. The van der Waals surface area contributed by atoms with Crippen LogP contribution in [0.2, 0.25) is 10.0 Å². The van der Waals surface area contributed by atoms with Crippen LogP contribution in [0.1, 0.15) is 95.1 Å². The van der Waals surface area contributed by atoms with Gasteiger partial charge in [-0.1, -0.05) is 113 Å². The normalized spacial score (nSPS) is 11.0. The van der Waals surface area contributed by atoms with Crippen LogP contribution in [0.3, 0.4) is 0 Å². The number of rotatable bonds is 17. The maximum absolute atomic E-state index is 12.3. The van der Waals surface area contributed by atoms with Crippen molar-refractivity contribution >= 4 is 34.8 Å². The molecule has 0 saturated carbocycles. The first-order valence-electron chi connectivity index (χ1n) is 13.1. The highest BCUT2D eigenvalue weighted by atomic mass is 35.5.